The number of hydrogen-bond acceptors (Lipinski definition) is 3. The molecule has 0 fully saturated rings. The Morgan fingerprint density at radius 1 is 0.952 bits per heavy atom. The number of hydrogen-bond donors (Lipinski definition) is 1. The summed E-state index contributed by atoms with van der Waals surface area (Å²) in [5.74, 6) is -2.89. The van der Waals surface area contributed by atoms with Gasteiger partial charge in [0.25, 0.3) is 0 Å². The van der Waals surface area contributed by atoms with Gasteiger partial charge in [0, 0.05) is 12.1 Å². The Morgan fingerprint density at radius 3 is 2.10 bits per heavy atom. The molecule has 4 nitrogen and oxygen atoms in total. The van der Waals surface area contributed by atoms with E-state index >= 15 is 0 Å². The summed E-state index contributed by atoms with van der Waals surface area (Å²) in [7, 11) is -3.68. The molecule has 0 unspecified atom stereocenters. The molecule has 112 valence electrons. The second kappa shape index (κ2) is 5.65. The van der Waals surface area contributed by atoms with Crippen LogP contribution in [0.1, 0.15) is 0 Å². The Labute approximate surface area is 119 Å². The zero-order valence-corrected chi connectivity index (χ0v) is 11.5. The lowest BCUT2D eigenvalue weighted by molar-refractivity contribution is 0.438. The largest absolute Gasteiger partial charge is 0.452 e. The van der Waals surface area contributed by atoms with Gasteiger partial charge < -0.3 is 4.74 Å². The van der Waals surface area contributed by atoms with Crippen LogP contribution in [0.3, 0.4) is 0 Å². The number of rotatable bonds is 4. The van der Waals surface area contributed by atoms with Gasteiger partial charge in [-0.3, -0.25) is 4.72 Å². The van der Waals surface area contributed by atoms with Crippen LogP contribution in [-0.2, 0) is 10.0 Å². The van der Waals surface area contributed by atoms with Crippen molar-refractivity contribution in [3.63, 3.8) is 0 Å². The summed E-state index contributed by atoms with van der Waals surface area (Å²) in [5.41, 5.74) is -0.193. The molecule has 0 saturated heterocycles. The second-order valence-corrected chi connectivity index (χ2v) is 5.94. The van der Waals surface area contributed by atoms with E-state index in [1.807, 2.05) is 0 Å². The molecule has 0 aliphatic carbocycles. The van der Waals surface area contributed by atoms with E-state index in [2.05, 4.69) is 4.72 Å². The Morgan fingerprint density at radius 2 is 1.52 bits per heavy atom. The molecule has 0 atom stereocenters. The number of nitrogens with one attached hydrogen (secondary N) is 1. The number of anilines is 1. The molecule has 2 aromatic rings. The van der Waals surface area contributed by atoms with Crippen LogP contribution in [0.5, 0.6) is 11.5 Å². The van der Waals surface area contributed by atoms with E-state index in [9.17, 15) is 21.6 Å². The fourth-order valence-electron chi connectivity index (χ4n) is 1.55. The Kier molecular flexibility index (Phi) is 4.08. The van der Waals surface area contributed by atoms with Gasteiger partial charge in [0.2, 0.25) is 10.0 Å². The van der Waals surface area contributed by atoms with E-state index < -0.39 is 27.5 Å². The van der Waals surface area contributed by atoms with Crippen LogP contribution in [0.25, 0.3) is 0 Å². The number of halogens is 3. The Bertz CT molecular complexity index is 778. The van der Waals surface area contributed by atoms with Crippen molar-refractivity contribution in [1.82, 2.24) is 0 Å². The summed E-state index contributed by atoms with van der Waals surface area (Å²) >= 11 is 0. The molecule has 0 amide bonds. The van der Waals surface area contributed by atoms with Crippen molar-refractivity contribution >= 4 is 15.7 Å². The maximum absolute atomic E-state index is 13.5. The lowest BCUT2D eigenvalue weighted by Gasteiger charge is -2.12. The normalized spacial score (nSPS) is 11.2. The third-order valence-electron chi connectivity index (χ3n) is 2.35. The minimum Gasteiger partial charge on any atom is -0.452 e. The molecule has 0 aliphatic rings. The minimum absolute atomic E-state index is 0.118. The highest BCUT2D eigenvalue weighted by Crippen LogP contribution is 2.32. The monoisotopic (exact) mass is 317 g/mol. The molecule has 0 spiro atoms. The van der Waals surface area contributed by atoms with Crippen LogP contribution in [0.15, 0.2) is 36.4 Å². The number of sulfonamides is 1. The summed E-state index contributed by atoms with van der Waals surface area (Å²) < 4.78 is 69.1. The SMILES string of the molecule is CS(=O)(=O)Nc1cc(F)ccc1Oc1ccc(F)cc1F. The molecule has 2 aromatic carbocycles. The first-order valence-electron chi connectivity index (χ1n) is 5.65. The highest BCUT2D eigenvalue weighted by Gasteiger charge is 2.13. The number of ether oxygens (including phenoxy) is 1. The van der Waals surface area contributed by atoms with E-state index in [-0.39, 0.29) is 17.2 Å². The summed E-state index contributed by atoms with van der Waals surface area (Å²) in [4.78, 5) is 0. The highest BCUT2D eigenvalue weighted by atomic mass is 32.2. The predicted molar refractivity (Wildman–Crippen MR) is 71.3 cm³/mol. The molecule has 8 heteroatoms. The highest BCUT2D eigenvalue weighted by molar-refractivity contribution is 7.92. The summed E-state index contributed by atoms with van der Waals surface area (Å²) in [5, 5.41) is 0. The van der Waals surface area contributed by atoms with Gasteiger partial charge in [0.15, 0.2) is 17.3 Å². The second-order valence-electron chi connectivity index (χ2n) is 4.19. The Balaban J connectivity index is 2.39. The summed E-state index contributed by atoms with van der Waals surface area (Å²) in [6.45, 7) is 0. The van der Waals surface area contributed by atoms with Crippen LogP contribution in [-0.4, -0.2) is 14.7 Å². The maximum atomic E-state index is 13.5. The van der Waals surface area contributed by atoms with Gasteiger partial charge in [-0.1, -0.05) is 0 Å². The first-order chi connectivity index (χ1) is 9.74. The lowest BCUT2D eigenvalue weighted by Crippen LogP contribution is -2.10. The van der Waals surface area contributed by atoms with Gasteiger partial charge >= 0.3 is 0 Å². The van der Waals surface area contributed by atoms with Crippen molar-refractivity contribution < 1.29 is 26.3 Å². The third-order valence-corrected chi connectivity index (χ3v) is 2.94. The molecule has 0 aliphatic heterocycles. The molecule has 0 bridgehead atoms. The third kappa shape index (κ3) is 4.12. The fraction of sp³-hybridized carbons (Fsp3) is 0.0769. The lowest BCUT2D eigenvalue weighted by atomic mass is 10.3. The maximum Gasteiger partial charge on any atom is 0.229 e. The van der Waals surface area contributed by atoms with Crippen LogP contribution >= 0.6 is 0 Å². The standard InChI is InChI=1S/C13H10F3NO3S/c1-21(18,19)17-11-7-9(15)3-5-13(11)20-12-4-2-8(14)6-10(12)16/h2-7,17H,1H3. The average Bonchev–Trinajstić information content (AvgIpc) is 2.33. The smallest absolute Gasteiger partial charge is 0.229 e. The first-order valence-corrected chi connectivity index (χ1v) is 7.54. The van der Waals surface area contributed by atoms with Crippen molar-refractivity contribution in [2.24, 2.45) is 0 Å². The minimum atomic E-state index is -3.68. The molecule has 0 radical (unpaired) electrons. The topological polar surface area (TPSA) is 55.4 Å². The molecule has 2 rings (SSSR count). The van der Waals surface area contributed by atoms with Crippen molar-refractivity contribution in [1.29, 1.82) is 0 Å². The van der Waals surface area contributed by atoms with Crippen LogP contribution in [0, 0.1) is 17.5 Å². The van der Waals surface area contributed by atoms with E-state index in [1.165, 1.54) is 0 Å². The first kappa shape index (κ1) is 15.2. The predicted octanol–water partition coefficient (Wildman–Crippen LogP) is 3.27. The zero-order valence-electron chi connectivity index (χ0n) is 10.7. The molecule has 21 heavy (non-hydrogen) atoms. The van der Waals surface area contributed by atoms with Gasteiger partial charge in [-0.05, 0) is 24.3 Å². The summed E-state index contributed by atoms with van der Waals surface area (Å²) in [6.07, 6.45) is 0.875. The molecular weight excluding hydrogens is 307 g/mol. The quantitative estimate of drug-likeness (QED) is 0.941. The van der Waals surface area contributed by atoms with Gasteiger partial charge in [0.1, 0.15) is 11.6 Å². The average molecular weight is 317 g/mol. The molecule has 0 heterocycles. The van der Waals surface area contributed by atoms with Crippen molar-refractivity contribution in [2.75, 3.05) is 11.0 Å². The van der Waals surface area contributed by atoms with Crippen molar-refractivity contribution in [3.8, 4) is 11.5 Å². The summed E-state index contributed by atoms with van der Waals surface area (Å²) in [6, 6.07) is 5.67. The van der Waals surface area contributed by atoms with E-state index in [0.717, 1.165) is 36.6 Å². The van der Waals surface area contributed by atoms with E-state index in [0.29, 0.717) is 6.07 Å². The van der Waals surface area contributed by atoms with Crippen LogP contribution < -0.4 is 9.46 Å². The fourth-order valence-corrected chi connectivity index (χ4v) is 2.11. The van der Waals surface area contributed by atoms with Gasteiger partial charge in [-0.25, -0.2) is 21.6 Å². The molecule has 1 N–H and O–H groups in total. The number of benzene rings is 2. The van der Waals surface area contributed by atoms with Crippen LogP contribution in [0.4, 0.5) is 18.9 Å². The van der Waals surface area contributed by atoms with E-state index in [1.54, 1.807) is 0 Å². The molecule has 0 aromatic heterocycles. The Hall–Kier alpha value is -2.22. The van der Waals surface area contributed by atoms with Crippen molar-refractivity contribution in [3.05, 3.63) is 53.8 Å². The molecule has 0 saturated carbocycles. The van der Waals surface area contributed by atoms with Gasteiger partial charge in [0.05, 0.1) is 11.9 Å². The van der Waals surface area contributed by atoms with Gasteiger partial charge in [-0.15, -0.1) is 0 Å². The van der Waals surface area contributed by atoms with Crippen molar-refractivity contribution in [2.45, 2.75) is 0 Å². The van der Waals surface area contributed by atoms with Crippen LogP contribution in [0.2, 0.25) is 0 Å². The van der Waals surface area contributed by atoms with Gasteiger partial charge in [-0.2, -0.15) is 0 Å². The molecular formula is C13H10F3NO3S. The zero-order chi connectivity index (χ0) is 15.6. The van der Waals surface area contributed by atoms with E-state index in [4.69, 9.17) is 4.74 Å².